The van der Waals surface area contributed by atoms with E-state index < -0.39 is 29.9 Å². The molecule has 1 aromatic rings. The molecule has 2 saturated heterocycles. The van der Waals surface area contributed by atoms with Crippen molar-refractivity contribution in [2.24, 2.45) is 11.8 Å². The van der Waals surface area contributed by atoms with Gasteiger partial charge in [0.05, 0.1) is 37.5 Å². The summed E-state index contributed by atoms with van der Waals surface area (Å²) in [5, 5.41) is 9.78. The molecule has 29 heavy (non-hydrogen) atoms. The number of carbonyl (C=O) groups excluding carboxylic acids is 2. The van der Waals surface area contributed by atoms with Gasteiger partial charge >= 0.3 is 11.9 Å². The van der Waals surface area contributed by atoms with Gasteiger partial charge in [-0.05, 0) is 29.8 Å². The van der Waals surface area contributed by atoms with Crippen LogP contribution >= 0.6 is 0 Å². The maximum Gasteiger partial charge on any atom is 0.337 e. The summed E-state index contributed by atoms with van der Waals surface area (Å²) in [6.07, 6.45) is 5.30. The number of carbonyl (C=O) groups is 2. The van der Waals surface area contributed by atoms with Crippen LogP contribution in [0, 0.1) is 11.8 Å². The first-order valence-corrected chi connectivity index (χ1v) is 9.09. The van der Waals surface area contributed by atoms with Crippen LogP contribution in [0.5, 0.6) is 11.5 Å². The number of phenols is 1. The zero-order valence-electron chi connectivity index (χ0n) is 15.7. The number of phenolic OH excluding ortho intramolecular Hbond substituents is 1. The molecule has 0 bridgehead atoms. The Morgan fingerprint density at radius 3 is 2.90 bits per heavy atom. The highest BCUT2D eigenvalue weighted by molar-refractivity contribution is 5.99. The molecule has 5 rings (SSSR count). The Hall–Kier alpha value is -3.26. The summed E-state index contributed by atoms with van der Waals surface area (Å²) < 4.78 is 27.4. The van der Waals surface area contributed by atoms with Crippen LogP contribution in [-0.2, 0) is 28.5 Å². The molecule has 8 heteroatoms. The van der Waals surface area contributed by atoms with Crippen molar-refractivity contribution in [2.75, 3.05) is 14.2 Å². The van der Waals surface area contributed by atoms with E-state index in [-0.39, 0.29) is 23.3 Å². The van der Waals surface area contributed by atoms with E-state index in [2.05, 4.69) is 0 Å². The van der Waals surface area contributed by atoms with E-state index in [9.17, 15) is 14.7 Å². The van der Waals surface area contributed by atoms with Gasteiger partial charge in [-0.1, -0.05) is 12.1 Å². The Bertz CT molecular complexity index is 1010. The summed E-state index contributed by atoms with van der Waals surface area (Å²) in [6.45, 7) is 0. The lowest BCUT2D eigenvalue weighted by Gasteiger charge is -2.32. The predicted octanol–water partition coefficient (Wildman–Crippen LogP) is 1.69. The van der Waals surface area contributed by atoms with Crippen LogP contribution in [0.2, 0.25) is 0 Å². The lowest BCUT2D eigenvalue weighted by molar-refractivity contribution is -0.152. The molecule has 1 spiro atoms. The van der Waals surface area contributed by atoms with E-state index in [0.29, 0.717) is 16.7 Å². The molecule has 8 nitrogen and oxygen atoms in total. The minimum absolute atomic E-state index is 0.000336. The van der Waals surface area contributed by atoms with E-state index in [4.69, 9.17) is 23.7 Å². The zero-order chi connectivity index (χ0) is 20.3. The summed E-state index contributed by atoms with van der Waals surface area (Å²) >= 11 is 0. The van der Waals surface area contributed by atoms with Crippen LogP contribution in [0.25, 0.3) is 6.08 Å². The second kappa shape index (κ2) is 6.12. The van der Waals surface area contributed by atoms with Gasteiger partial charge in [0.15, 0.2) is 17.1 Å². The van der Waals surface area contributed by atoms with Crippen LogP contribution in [0.4, 0.5) is 0 Å². The van der Waals surface area contributed by atoms with Crippen molar-refractivity contribution in [3.63, 3.8) is 0 Å². The first-order chi connectivity index (χ1) is 14.0. The fraction of sp³-hybridized carbons (Fsp3) is 0.333. The number of methoxy groups -OCH3 is 2. The van der Waals surface area contributed by atoms with Crippen molar-refractivity contribution in [2.45, 2.75) is 18.0 Å². The number of esters is 2. The van der Waals surface area contributed by atoms with Gasteiger partial charge in [-0.15, -0.1) is 0 Å². The molecule has 5 atom stereocenters. The lowest BCUT2D eigenvalue weighted by Crippen LogP contribution is -2.43. The largest absolute Gasteiger partial charge is 0.504 e. The van der Waals surface area contributed by atoms with Crippen LogP contribution in [0.15, 0.2) is 47.8 Å². The quantitative estimate of drug-likeness (QED) is 0.467. The van der Waals surface area contributed by atoms with Crippen molar-refractivity contribution < 1.29 is 38.4 Å². The van der Waals surface area contributed by atoms with E-state index in [1.807, 2.05) is 6.08 Å². The van der Waals surface area contributed by atoms with Gasteiger partial charge in [-0.2, -0.15) is 0 Å². The molecule has 0 aromatic heterocycles. The molecule has 0 amide bonds. The van der Waals surface area contributed by atoms with Gasteiger partial charge in [-0.25, -0.2) is 9.59 Å². The first-order valence-electron chi connectivity index (χ1n) is 9.09. The molecular weight excluding hydrogens is 380 g/mol. The second-order valence-corrected chi connectivity index (χ2v) is 7.27. The number of rotatable bonds is 3. The van der Waals surface area contributed by atoms with Crippen LogP contribution in [-0.4, -0.2) is 49.3 Å². The van der Waals surface area contributed by atoms with E-state index >= 15 is 0 Å². The summed E-state index contributed by atoms with van der Waals surface area (Å²) in [7, 11) is 2.75. The van der Waals surface area contributed by atoms with Crippen LogP contribution < -0.4 is 4.74 Å². The highest BCUT2D eigenvalue weighted by Gasteiger charge is 2.70. The molecule has 3 aliphatic heterocycles. The van der Waals surface area contributed by atoms with Crippen LogP contribution in [0.3, 0.4) is 0 Å². The van der Waals surface area contributed by atoms with Crippen molar-refractivity contribution >= 4 is 18.0 Å². The highest BCUT2D eigenvalue weighted by atomic mass is 16.7. The Morgan fingerprint density at radius 1 is 1.31 bits per heavy atom. The third kappa shape index (κ3) is 2.35. The number of benzene rings is 1. The van der Waals surface area contributed by atoms with Gasteiger partial charge in [0.25, 0.3) is 0 Å². The molecule has 150 valence electrons. The molecule has 4 aliphatic rings. The normalized spacial score (nSPS) is 34.9. The second-order valence-electron chi connectivity index (χ2n) is 7.27. The van der Waals surface area contributed by atoms with Gasteiger partial charge in [0, 0.05) is 5.92 Å². The van der Waals surface area contributed by atoms with Crippen molar-refractivity contribution in [3.05, 3.63) is 53.3 Å². The molecule has 0 radical (unpaired) electrons. The van der Waals surface area contributed by atoms with E-state index in [1.165, 1.54) is 26.5 Å². The summed E-state index contributed by atoms with van der Waals surface area (Å²) in [5.74, 6) is -1.41. The molecule has 2 fully saturated rings. The number of hydrogen-bond acceptors (Lipinski definition) is 8. The Morgan fingerprint density at radius 2 is 2.14 bits per heavy atom. The predicted molar refractivity (Wildman–Crippen MR) is 97.4 cm³/mol. The third-order valence-corrected chi connectivity index (χ3v) is 5.87. The maximum atomic E-state index is 12.7. The Balaban J connectivity index is 1.52. The summed E-state index contributed by atoms with van der Waals surface area (Å²) in [4.78, 5) is 24.8. The van der Waals surface area contributed by atoms with Crippen molar-refractivity contribution in [1.82, 2.24) is 0 Å². The fourth-order valence-electron chi connectivity index (χ4n) is 4.57. The van der Waals surface area contributed by atoms with Gasteiger partial charge in [-0.3, -0.25) is 0 Å². The Labute approximate surface area is 165 Å². The average Bonchev–Trinajstić information content (AvgIpc) is 3.33. The number of aromatic hydroxyl groups is 1. The molecular formula is C21H18O8. The summed E-state index contributed by atoms with van der Waals surface area (Å²) in [5.41, 5.74) is 0.311. The molecule has 1 unspecified atom stereocenters. The molecule has 0 saturated carbocycles. The monoisotopic (exact) mass is 398 g/mol. The minimum atomic E-state index is -1.03. The van der Waals surface area contributed by atoms with Crippen LogP contribution in [0.1, 0.15) is 5.56 Å². The third-order valence-electron chi connectivity index (χ3n) is 5.87. The number of ether oxygens (including phenoxy) is 5. The topological polar surface area (TPSA) is 101 Å². The minimum Gasteiger partial charge on any atom is -0.504 e. The van der Waals surface area contributed by atoms with E-state index in [1.54, 1.807) is 24.3 Å². The van der Waals surface area contributed by atoms with Crippen molar-refractivity contribution in [3.8, 4) is 11.5 Å². The maximum absolute atomic E-state index is 12.7. The summed E-state index contributed by atoms with van der Waals surface area (Å²) in [6, 6.07) is 4.76. The highest BCUT2D eigenvalue weighted by Crippen LogP contribution is 2.58. The molecule has 1 N–H and O–H groups in total. The standard InChI is InChI=1S/C21H18O8/c1-25-15-8-10(3-4-14(15)22)7-12-17-21(29-19(12)24)6-5-11-13(18(23)26-2)9-27-20(28-17)16(11)21/h3-9,11,16-17,20,22H,1-2H3/b12-7+/t11-,16+,17?,20+,21+/m0/s1. The zero-order valence-corrected chi connectivity index (χ0v) is 15.7. The van der Waals surface area contributed by atoms with Gasteiger partial charge < -0.3 is 28.8 Å². The molecule has 1 aromatic carbocycles. The fourth-order valence-corrected chi connectivity index (χ4v) is 4.57. The average molecular weight is 398 g/mol. The Kier molecular flexibility index (Phi) is 3.76. The van der Waals surface area contributed by atoms with Gasteiger partial charge in [0.2, 0.25) is 6.29 Å². The van der Waals surface area contributed by atoms with Gasteiger partial charge in [0.1, 0.15) is 6.10 Å². The van der Waals surface area contributed by atoms with Crippen molar-refractivity contribution in [1.29, 1.82) is 0 Å². The van der Waals surface area contributed by atoms with E-state index in [0.717, 1.165) is 0 Å². The first kappa shape index (κ1) is 17.8. The SMILES string of the molecule is COC(=O)C1=CO[C@@H]2OC3/C(=C\c4ccc(O)c(OC)c4)C(=O)O[C@@]34C=C[C@@H]1[C@H]24. The molecule has 1 aliphatic carbocycles. The number of hydrogen-bond donors (Lipinski definition) is 1. The number of allylic oxidation sites excluding steroid dienone is 1. The molecule has 3 heterocycles. The smallest absolute Gasteiger partial charge is 0.337 e. The lowest BCUT2D eigenvalue weighted by atomic mass is 9.78.